The van der Waals surface area contributed by atoms with Crippen molar-refractivity contribution in [3.8, 4) is 0 Å². The van der Waals surface area contributed by atoms with E-state index in [1.54, 1.807) is 0 Å². The van der Waals surface area contributed by atoms with Crippen molar-refractivity contribution < 1.29 is 8.78 Å². The molecular formula is C14H16F2N2. The molecule has 0 amide bonds. The van der Waals surface area contributed by atoms with Crippen LogP contribution in [-0.4, -0.2) is 11.6 Å². The zero-order chi connectivity index (χ0) is 13.1. The Bertz CT molecular complexity index is 526. The molecular weight excluding hydrogens is 234 g/mol. The first-order chi connectivity index (χ1) is 8.60. The Labute approximate surface area is 105 Å². The second-order valence-electron chi connectivity index (χ2n) is 4.36. The van der Waals surface area contributed by atoms with Crippen LogP contribution in [-0.2, 0) is 13.1 Å². The molecule has 0 bridgehead atoms. The monoisotopic (exact) mass is 250 g/mol. The summed E-state index contributed by atoms with van der Waals surface area (Å²) in [6.07, 6.45) is 1.94. The molecule has 2 rings (SSSR count). The summed E-state index contributed by atoms with van der Waals surface area (Å²) >= 11 is 0. The molecule has 96 valence electrons. The van der Waals surface area contributed by atoms with Crippen molar-refractivity contribution >= 4 is 0 Å². The van der Waals surface area contributed by atoms with Crippen LogP contribution >= 0.6 is 0 Å². The van der Waals surface area contributed by atoms with Gasteiger partial charge in [-0.3, -0.25) is 0 Å². The molecule has 0 saturated heterocycles. The number of halogens is 2. The predicted octanol–water partition coefficient (Wildman–Crippen LogP) is 2.84. The summed E-state index contributed by atoms with van der Waals surface area (Å²) in [6, 6.07) is 5.63. The van der Waals surface area contributed by atoms with E-state index >= 15 is 0 Å². The summed E-state index contributed by atoms with van der Waals surface area (Å²) in [6.45, 7) is 3.27. The van der Waals surface area contributed by atoms with E-state index in [0.29, 0.717) is 12.1 Å². The van der Waals surface area contributed by atoms with Crippen LogP contribution in [0.2, 0.25) is 0 Å². The number of benzene rings is 1. The fraction of sp³-hybridized carbons (Fsp3) is 0.286. The Morgan fingerprint density at radius 1 is 1.17 bits per heavy atom. The molecule has 1 N–H and O–H groups in total. The first-order valence-electron chi connectivity index (χ1n) is 5.84. The molecule has 0 unspecified atom stereocenters. The molecule has 0 atom stereocenters. The third-order valence-corrected chi connectivity index (χ3v) is 2.99. The van der Waals surface area contributed by atoms with Crippen molar-refractivity contribution in [2.75, 3.05) is 7.05 Å². The van der Waals surface area contributed by atoms with Gasteiger partial charge in [0.2, 0.25) is 0 Å². The molecule has 0 saturated carbocycles. The zero-order valence-electron chi connectivity index (χ0n) is 10.5. The largest absolute Gasteiger partial charge is 0.347 e. The standard InChI is InChI=1S/C14H16F2N2/c1-10-12(8-17-2)3-4-18(10)9-11-5-13(15)7-14(16)6-11/h3-7,17H,8-9H2,1-2H3. The highest BCUT2D eigenvalue weighted by atomic mass is 19.1. The second kappa shape index (κ2) is 5.31. The molecule has 0 radical (unpaired) electrons. The van der Waals surface area contributed by atoms with Gasteiger partial charge in [-0.25, -0.2) is 8.78 Å². The van der Waals surface area contributed by atoms with Gasteiger partial charge in [-0.2, -0.15) is 0 Å². The van der Waals surface area contributed by atoms with E-state index < -0.39 is 11.6 Å². The SMILES string of the molecule is CNCc1ccn(Cc2cc(F)cc(F)c2)c1C. The van der Waals surface area contributed by atoms with E-state index in [2.05, 4.69) is 5.32 Å². The van der Waals surface area contributed by atoms with Crippen LogP contribution in [0.3, 0.4) is 0 Å². The number of nitrogens with zero attached hydrogens (tertiary/aromatic N) is 1. The molecule has 1 aromatic heterocycles. The molecule has 0 fully saturated rings. The van der Waals surface area contributed by atoms with Crippen LogP contribution < -0.4 is 5.32 Å². The summed E-state index contributed by atoms with van der Waals surface area (Å²) in [7, 11) is 1.89. The van der Waals surface area contributed by atoms with E-state index in [0.717, 1.165) is 18.3 Å². The van der Waals surface area contributed by atoms with Gasteiger partial charge in [0.25, 0.3) is 0 Å². The summed E-state index contributed by atoms with van der Waals surface area (Å²) < 4.78 is 28.2. The van der Waals surface area contributed by atoms with Gasteiger partial charge in [-0.1, -0.05) is 0 Å². The highest BCUT2D eigenvalue weighted by molar-refractivity contribution is 5.24. The van der Waals surface area contributed by atoms with Gasteiger partial charge in [-0.15, -0.1) is 0 Å². The van der Waals surface area contributed by atoms with Crippen LogP contribution in [0.25, 0.3) is 0 Å². The van der Waals surface area contributed by atoms with Gasteiger partial charge < -0.3 is 9.88 Å². The smallest absolute Gasteiger partial charge is 0.126 e. The van der Waals surface area contributed by atoms with Gasteiger partial charge in [0, 0.05) is 31.0 Å². The molecule has 2 aromatic rings. The highest BCUT2D eigenvalue weighted by Gasteiger charge is 2.06. The summed E-state index contributed by atoms with van der Waals surface area (Å²) in [4.78, 5) is 0. The first-order valence-corrected chi connectivity index (χ1v) is 5.84. The Hall–Kier alpha value is -1.68. The molecule has 0 aliphatic rings. The Balaban J connectivity index is 2.23. The van der Waals surface area contributed by atoms with E-state index in [9.17, 15) is 8.78 Å². The van der Waals surface area contributed by atoms with Crippen LogP contribution in [0.5, 0.6) is 0 Å². The Morgan fingerprint density at radius 3 is 2.44 bits per heavy atom. The molecule has 18 heavy (non-hydrogen) atoms. The lowest BCUT2D eigenvalue weighted by molar-refractivity contribution is 0.577. The van der Waals surface area contributed by atoms with E-state index in [1.807, 2.05) is 30.8 Å². The highest BCUT2D eigenvalue weighted by Crippen LogP contribution is 2.14. The molecule has 4 heteroatoms. The number of hydrogen-bond donors (Lipinski definition) is 1. The average molecular weight is 250 g/mol. The van der Waals surface area contributed by atoms with E-state index in [4.69, 9.17) is 0 Å². The number of nitrogens with one attached hydrogen (secondary N) is 1. The maximum Gasteiger partial charge on any atom is 0.126 e. The van der Waals surface area contributed by atoms with Crippen molar-refractivity contribution in [2.24, 2.45) is 0 Å². The molecule has 1 heterocycles. The van der Waals surface area contributed by atoms with Crippen LogP contribution in [0.15, 0.2) is 30.5 Å². The first kappa shape index (κ1) is 12.8. The minimum absolute atomic E-state index is 0.476. The van der Waals surface area contributed by atoms with Crippen molar-refractivity contribution in [1.82, 2.24) is 9.88 Å². The van der Waals surface area contributed by atoms with Gasteiger partial charge >= 0.3 is 0 Å². The molecule has 1 aromatic carbocycles. The fourth-order valence-corrected chi connectivity index (χ4v) is 2.04. The van der Waals surface area contributed by atoms with Crippen LogP contribution in [0.1, 0.15) is 16.8 Å². The van der Waals surface area contributed by atoms with Gasteiger partial charge in [0.15, 0.2) is 0 Å². The summed E-state index contributed by atoms with van der Waals surface area (Å²) in [5.74, 6) is -1.07. The van der Waals surface area contributed by atoms with Crippen molar-refractivity contribution in [2.45, 2.75) is 20.0 Å². The van der Waals surface area contributed by atoms with Gasteiger partial charge in [-0.05, 0) is 43.3 Å². The van der Waals surface area contributed by atoms with E-state index in [1.165, 1.54) is 17.7 Å². The minimum Gasteiger partial charge on any atom is -0.347 e. The third kappa shape index (κ3) is 2.76. The lowest BCUT2D eigenvalue weighted by Crippen LogP contribution is -2.07. The van der Waals surface area contributed by atoms with Gasteiger partial charge in [0.05, 0.1) is 0 Å². The number of rotatable bonds is 4. The normalized spacial score (nSPS) is 10.9. The predicted molar refractivity (Wildman–Crippen MR) is 67.4 cm³/mol. The topological polar surface area (TPSA) is 17.0 Å². The average Bonchev–Trinajstić information content (AvgIpc) is 2.61. The zero-order valence-corrected chi connectivity index (χ0v) is 10.5. The van der Waals surface area contributed by atoms with E-state index in [-0.39, 0.29) is 0 Å². The Morgan fingerprint density at radius 2 is 1.83 bits per heavy atom. The summed E-state index contributed by atoms with van der Waals surface area (Å²) in [5, 5.41) is 3.09. The van der Waals surface area contributed by atoms with Crippen LogP contribution in [0, 0.1) is 18.6 Å². The van der Waals surface area contributed by atoms with Crippen LogP contribution in [0.4, 0.5) is 8.78 Å². The Kier molecular flexibility index (Phi) is 3.77. The third-order valence-electron chi connectivity index (χ3n) is 2.99. The second-order valence-corrected chi connectivity index (χ2v) is 4.36. The molecule has 2 nitrogen and oxygen atoms in total. The number of hydrogen-bond acceptors (Lipinski definition) is 1. The maximum absolute atomic E-state index is 13.1. The minimum atomic E-state index is -0.537. The van der Waals surface area contributed by atoms with Crippen molar-refractivity contribution in [3.63, 3.8) is 0 Å². The van der Waals surface area contributed by atoms with Gasteiger partial charge in [0.1, 0.15) is 11.6 Å². The van der Waals surface area contributed by atoms with Crippen molar-refractivity contribution in [1.29, 1.82) is 0 Å². The maximum atomic E-state index is 13.1. The lowest BCUT2D eigenvalue weighted by Gasteiger charge is -2.08. The fourth-order valence-electron chi connectivity index (χ4n) is 2.04. The number of aromatic nitrogens is 1. The van der Waals surface area contributed by atoms with Crippen molar-refractivity contribution in [3.05, 3.63) is 58.9 Å². The molecule has 0 aliphatic heterocycles. The lowest BCUT2D eigenvalue weighted by atomic mass is 10.2. The molecule has 0 aliphatic carbocycles. The quantitative estimate of drug-likeness (QED) is 0.883. The molecule has 0 spiro atoms. The summed E-state index contributed by atoms with van der Waals surface area (Å²) in [5.41, 5.74) is 2.92.